The van der Waals surface area contributed by atoms with Crippen LogP contribution >= 0.6 is 0 Å². The van der Waals surface area contributed by atoms with E-state index in [0.29, 0.717) is 56.3 Å². The van der Waals surface area contributed by atoms with Gasteiger partial charge in [0, 0.05) is 12.0 Å². The summed E-state index contributed by atoms with van der Waals surface area (Å²) < 4.78 is 10.9. The lowest BCUT2D eigenvalue weighted by molar-refractivity contribution is -0.144. The number of ether oxygens (including phenoxy) is 2. The molecule has 0 bridgehead atoms. The average Bonchev–Trinajstić information content (AvgIpc) is 3.23. The maximum Gasteiger partial charge on any atom is 0.305 e. The highest BCUT2D eigenvalue weighted by atomic mass is 16.6. The molecule has 0 unspecified atom stereocenters. The normalized spacial score (nSPS) is 21.4. The zero-order chi connectivity index (χ0) is 28.7. The molecule has 7 heteroatoms. The van der Waals surface area contributed by atoms with E-state index >= 15 is 0 Å². The molecule has 3 N–H and O–H groups in total. The number of esters is 1. The van der Waals surface area contributed by atoms with Gasteiger partial charge in [-0.25, -0.2) is 0 Å². The molecule has 2 aromatic carbocycles. The summed E-state index contributed by atoms with van der Waals surface area (Å²) in [6.45, 7) is 2.25. The largest absolute Gasteiger partial charge is 0.490 e. The van der Waals surface area contributed by atoms with E-state index in [2.05, 4.69) is 12.1 Å². The first-order chi connectivity index (χ1) is 19.4. The molecule has 0 radical (unpaired) electrons. The Morgan fingerprint density at radius 3 is 2.58 bits per heavy atom. The highest BCUT2D eigenvalue weighted by Crippen LogP contribution is 2.38. The second kappa shape index (κ2) is 17.0. The monoisotopic (exact) mass is 552 g/mol. The van der Waals surface area contributed by atoms with Crippen molar-refractivity contribution < 1.29 is 34.4 Å². The minimum absolute atomic E-state index is 0.0339. The molecule has 2 aromatic rings. The average molecular weight is 553 g/mol. The van der Waals surface area contributed by atoms with Crippen molar-refractivity contribution in [3.05, 3.63) is 77.4 Å². The number of aryl methyl sites for hydroxylation is 2. The number of hydrogen-bond donors (Lipinski definition) is 3. The summed E-state index contributed by atoms with van der Waals surface area (Å²) in [5.41, 5.74) is 2.65. The van der Waals surface area contributed by atoms with Crippen LogP contribution in [0, 0.1) is 18.8 Å². The van der Waals surface area contributed by atoms with Crippen molar-refractivity contribution in [1.29, 1.82) is 0 Å². The number of carbonyl (C=O) groups excluding carboxylic acids is 2. The molecule has 5 atom stereocenters. The van der Waals surface area contributed by atoms with E-state index in [-0.39, 0.29) is 31.0 Å². The Balaban J connectivity index is 1.29. The van der Waals surface area contributed by atoms with Crippen LogP contribution in [0.4, 0.5) is 0 Å². The lowest BCUT2D eigenvalue weighted by Gasteiger charge is -2.23. The van der Waals surface area contributed by atoms with E-state index in [1.165, 1.54) is 5.56 Å². The van der Waals surface area contributed by atoms with Gasteiger partial charge in [0.1, 0.15) is 25.2 Å². The number of rotatable bonds is 17. The van der Waals surface area contributed by atoms with Crippen molar-refractivity contribution in [3.63, 3.8) is 0 Å². The van der Waals surface area contributed by atoms with Gasteiger partial charge >= 0.3 is 5.97 Å². The van der Waals surface area contributed by atoms with Gasteiger partial charge < -0.3 is 24.8 Å². The van der Waals surface area contributed by atoms with Gasteiger partial charge in [-0.1, -0.05) is 54.6 Å². The first-order valence-electron chi connectivity index (χ1n) is 14.4. The third-order valence-electron chi connectivity index (χ3n) is 7.74. The topological polar surface area (TPSA) is 113 Å². The number of allylic oxidation sites excluding steroid dienone is 2. The van der Waals surface area contributed by atoms with E-state index in [9.17, 15) is 24.9 Å². The van der Waals surface area contributed by atoms with Crippen molar-refractivity contribution in [3.8, 4) is 5.75 Å². The highest BCUT2D eigenvalue weighted by Gasteiger charge is 2.40. The van der Waals surface area contributed by atoms with Crippen LogP contribution in [0.5, 0.6) is 5.75 Å². The van der Waals surface area contributed by atoms with Gasteiger partial charge in [0.25, 0.3) is 0 Å². The van der Waals surface area contributed by atoms with Crippen LogP contribution in [0.25, 0.3) is 0 Å². The van der Waals surface area contributed by atoms with E-state index in [1.807, 2.05) is 43.3 Å². The molecule has 3 rings (SSSR count). The molecule has 40 heavy (non-hydrogen) atoms. The van der Waals surface area contributed by atoms with Gasteiger partial charge in [-0.2, -0.15) is 0 Å². The number of carbonyl (C=O) groups is 2. The molecule has 0 saturated heterocycles. The first kappa shape index (κ1) is 31.5. The Kier molecular flexibility index (Phi) is 13.4. The minimum atomic E-state index is -0.550. The fraction of sp³-hybridized carbons (Fsp3) is 0.515. The predicted molar refractivity (Wildman–Crippen MR) is 154 cm³/mol. The summed E-state index contributed by atoms with van der Waals surface area (Å²) in [6.07, 6.45) is 8.80. The van der Waals surface area contributed by atoms with E-state index in [1.54, 1.807) is 12.1 Å². The van der Waals surface area contributed by atoms with Crippen molar-refractivity contribution in [2.24, 2.45) is 11.8 Å². The third-order valence-corrected chi connectivity index (χ3v) is 7.74. The Labute approximate surface area is 237 Å². The number of aliphatic hydroxyl groups excluding tert-OH is 3. The molecule has 0 spiro atoms. The van der Waals surface area contributed by atoms with Gasteiger partial charge in [-0.3, -0.25) is 9.59 Å². The van der Waals surface area contributed by atoms with Crippen molar-refractivity contribution in [2.75, 3.05) is 13.2 Å². The zero-order valence-corrected chi connectivity index (χ0v) is 23.5. The van der Waals surface area contributed by atoms with E-state index in [4.69, 9.17) is 9.47 Å². The Bertz CT molecular complexity index is 1070. The number of aldehydes is 1. The molecule has 0 amide bonds. The summed E-state index contributed by atoms with van der Waals surface area (Å²) in [5.74, 6) is 0.254. The molecule has 0 heterocycles. The second-order valence-electron chi connectivity index (χ2n) is 10.8. The number of aliphatic hydroxyl groups is 3. The third kappa shape index (κ3) is 10.5. The predicted octanol–water partition coefficient (Wildman–Crippen LogP) is 4.98. The summed E-state index contributed by atoms with van der Waals surface area (Å²) in [5, 5.41) is 31.5. The quantitative estimate of drug-likeness (QED) is 0.110. The van der Waals surface area contributed by atoms with Crippen molar-refractivity contribution in [1.82, 2.24) is 0 Å². The Morgan fingerprint density at radius 1 is 1.02 bits per heavy atom. The fourth-order valence-electron chi connectivity index (χ4n) is 5.37. The number of benzene rings is 2. The van der Waals surface area contributed by atoms with Crippen LogP contribution in [-0.2, 0) is 16.0 Å². The molecule has 1 aliphatic carbocycles. The standard InChI is InChI=1S/C33H44O7/c1-24-13-14-26(23-34)21-32(24)39-19-20-40-33(38)12-8-3-2-7-11-28-29(31(37)22-30(28)36)18-17-27(35)16-15-25-9-5-4-6-10-25/h2,4-7,9-10,13-14,21,23,27-31,35-37H,3,8,11-12,15-20,22H2,1H3/b7-2+/t27-,28+,29+,30-,31+/m0/s1. The lowest BCUT2D eigenvalue weighted by Crippen LogP contribution is -2.23. The zero-order valence-electron chi connectivity index (χ0n) is 23.5. The summed E-state index contributed by atoms with van der Waals surface area (Å²) >= 11 is 0. The molecule has 1 fully saturated rings. The van der Waals surface area contributed by atoms with Gasteiger partial charge in [0.05, 0.1) is 18.3 Å². The van der Waals surface area contributed by atoms with Crippen molar-refractivity contribution in [2.45, 2.75) is 83.0 Å². The van der Waals surface area contributed by atoms with E-state index in [0.717, 1.165) is 24.7 Å². The molecule has 1 saturated carbocycles. The smallest absolute Gasteiger partial charge is 0.305 e. The summed E-state index contributed by atoms with van der Waals surface area (Å²) in [4.78, 5) is 22.9. The van der Waals surface area contributed by atoms with Gasteiger partial charge in [0.2, 0.25) is 0 Å². The number of hydrogen-bond acceptors (Lipinski definition) is 7. The van der Waals surface area contributed by atoms with Gasteiger partial charge in [-0.15, -0.1) is 0 Å². The van der Waals surface area contributed by atoms with E-state index < -0.39 is 18.3 Å². The second-order valence-corrected chi connectivity index (χ2v) is 10.8. The molecule has 0 aromatic heterocycles. The maximum absolute atomic E-state index is 12.0. The highest BCUT2D eigenvalue weighted by molar-refractivity contribution is 5.75. The van der Waals surface area contributed by atoms with Crippen LogP contribution in [0.15, 0.2) is 60.7 Å². The summed E-state index contributed by atoms with van der Waals surface area (Å²) in [7, 11) is 0. The Morgan fingerprint density at radius 2 is 1.80 bits per heavy atom. The molecule has 7 nitrogen and oxygen atoms in total. The van der Waals surface area contributed by atoms with Crippen LogP contribution in [-0.4, -0.2) is 59.1 Å². The van der Waals surface area contributed by atoms with Crippen LogP contribution in [0.1, 0.15) is 72.9 Å². The van der Waals surface area contributed by atoms with Crippen LogP contribution in [0.2, 0.25) is 0 Å². The summed E-state index contributed by atoms with van der Waals surface area (Å²) in [6, 6.07) is 15.3. The molecule has 1 aliphatic rings. The fourth-order valence-corrected chi connectivity index (χ4v) is 5.37. The molecular weight excluding hydrogens is 508 g/mol. The van der Waals surface area contributed by atoms with Crippen LogP contribution in [0.3, 0.4) is 0 Å². The van der Waals surface area contributed by atoms with Gasteiger partial charge in [-0.05, 0) is 87.3 Å². The maximum atomic E-state index is 12.0. The lowest BCUT2D eigenvalue weighted by atomic mass is 9.85. The molecular formula is C33H44O7. The Hall–Kier alpha value is -3.00. The SMILES string of the molecule is Cc1ccc(C=O)cc1OCCOC(=O)CCC/C=C/C[C@@H]1[C@@H](CC[C@@H](O)CCc2ccccc2)[C@H](O)C[C@@H]1O. The number of unbranched alkanes of at least 4 members (excludes halogenated alkanes) is 1. The first-order valence-corrected chi connectivity index (χ1v) is 14.4. The van der Waals surface area contributed by atoms with Gasteiger partial charge in [0.15, 0.2) is 0 Å². The molecule has 0 aliphatic heterocycles. The molecule has 218 valence electrons. The van der Waals surface area contributed by atoms with Crippen molar-refractivity contribution >= 4 is 12.3 Å². The van der Waals surface area contributed by atoms with Crippen LogP contribution < -0.4 is 4.74 Å². The minimum Gasteiger partial charge on any atom is -0.490 e.